The Kier molecular flexibility index (Phi) is 5.11. The van der Waals surface area contributed by atoms with Gasteiger partial charge in [0, 0.05) is 19.6 Å². The number of rotatable bonds is 6. The van der Waals surface area contributed by atoms with Gasteiger partial charge in [-0.1, -0.05) is 18.2 Å². The minimum atomic E-state index is -3.08. The predicted octanol–water partition coefficient (Wildman–Crippen LogP) is 0.942. The fourth-order valence-electron chi connectivity index (χ4n) is 1.67. The SMILES string of the molecule is Cc1cccc(C)c1CNCCNS(C)(=O)=O. The highest BCUT2D eigenvalue weighted by molar-refractivity contribution is 7.88. The summed E-state index contributed by atoms with van der Waals surface area (Å²) in [5.41, 5.74) is 3.80. The molecule has 0 aliphatic heterocycles. The lowest BCUT2D eigenvalue weighted by molar-refractivity contribution is 0.581. The van der Waals surface area contributed by atoms with Gasteiger partial charge in [0.05, 0.1) is 6.26 Å². The van der Waals surface area contributed by atoms with Gasteiger partial charge in [-0.25, -0.2) is 13.1 Å². The molecule has 0 amide bonds. The second kappa shape index (κ2) is 6.14. The summed E-state index contributed by atoms with van der Waals surface area (Å²) < 4.78 is 24.1. The molecule has 2 N–H and O–H groups in total. The van der Waals surface area contributed by atoms with Crippen LogP contribution in [0.2, 0.25) is 0 Å². The van der Waals surface area contributed by atoms with E-state index >= 15 is 0 Å². The van der Waals surface area contributed by atoms with E-state index in [1.165, 1.54) is 22.9 Å². The quantitative estimate of drug-likeness (QED) is 0.745. The first-order valence-electron chi connectivity index (χ1n) is 5.60. The van der Waals surface area contributed by atoms with Gasteiger partial charge in [0.25, 0.3) is 0 Å². The van der Waals surface area contributed by atoms with E-state index in [-0.39, 0.29) is 0 Å². The second-order valence-corrected chi connectivity index (χ2v) is 6.05. The molecule has 0 atom stereocenters. The van der Waals surface area contributed by atoms with Crippen LogP contribution in [0.5, 0.6) is 0 Å². The van der Waals surface area contributed by atoms with Crippen LogP contribution in [-0.2, 0) is 16.6 Å². The number of nitrogens with one attached hydrogen (secondary N) is 2. The molecule has 0 bridgehead atoms. The predicted molar refractivity (Wildman–Crippen MR) is 70.5 cm³/mol. The highest BCUT2D eigenvalue weighted by Crippen LogP contribution is 2.12. The van der Waals surface area contributed by atoms with Gasteiger partial charge < -0.3 is 5.32 Å². The Morgan fingerprint density at radius 3 is 2.24 bits per heavy atom. The first-order chi connectivity index (χ1) is 7.90. The molecular weight excluding hydrogens is 236 g/mol. The van der Waals surface area contributed by atoms with Gasteiger partial charge >= 0.3 is 0 Å². The maximum Gasteiger partial charge on any atom is 0.208 e. The summed E-state index contributed by atoms with van der Waals surface area (Å²) in [4.78, 5) is 0. The minimum absolute atomic E-state index is 0.420. The molecule has 0 fully saturated rings. The normalized spacial score (nSPS) is 11.7. The van der Waals surface area contributed by atoms with Crippen LogP contribution in [-0.4, -0.2) is 27.8 Å². The summed E-state index contributed by atoms with van der Waals surface area (Å²) in [6, 6.07) is 6.21. The molecule has 96 valence electrons. The molecule has 0 heterocycles. The van der Waals surface area contributed by atoms with Crippen LogP contribution in [0, 0.1) is 13.8 Å². The molecule has 0 saturated heterocycles. The van der Waals surface area contributed by atoms with Crippen molar-refractivity contribution in [3.8, 4) is 0 Å². The molecule has 0 aromatic heterocycles. The van der Waals surface area contributed by atoms with Crippen molar-refractivity contribution >= 4 is 10.0 Å². The fraction of sp³-hybridized carbons (Fsp3) is 0.500. The van der Waals surface area contributed by atoms with E-state index in [2.05, 4.69) is 36.0 Å². The van der Waals surface area contributed by atoms with Crippen LogP contribution in [0.3, 0.4) is 0 Å². The lowest BCUT2D eigenvalue weighted by Crippen LogP contribution is -2.31. The Hall–Kier alpha value is -0.910. The molecule has 1 aromatic rings. The molecule has 1 aromatic carbocycles. The van der Waals surface area contributed by atoms with Gasteiger partial charge in [0.15, 0.2) is 0 Å². The van der Waals surface area contributed by atoms with Crippen LogP contribution in [0.25, 0.3) is 0 Å². The standard InChI is InChI=1S/C12H20N2O2S/c1-10-5-4-6-11(2)12(10)9-13-7-8-14-17(3,15)16/h4-6,13-14H,7-9H2,1-3H3. The van der Waals surface area contributed by atoms with Crippen molar-refractivity contribution in [2.24, 2.45) is 0 Å². The third-order valence-corrected chi connectivity index (χ3v) is 3.34. The van der Waals surface area contributed by atoms with Gasteiger partial charge in [0.2, 0.25) is 10.0 Å². The average molecular weight is 256 g/mol. The van der Waals surface area contributed by atoms with E-state index in [0.29, 0.717) is 13.1 Å². The molecule has 0 radical (unpaired) electrons. The maximum absolute atomic E-state index is 10.8. The monoisotopic (exact) mass is 256 g/mol. The van der Waals surface area contributed by atoms with Gasteiger partial charge in [-0.2, -0.15) is 0 Å². The van der Waals surface area contributed by atoms with Crippen molar-refractivity contribution in [2.75, 3.05) is 19.3 Å². The molecule has 0 saturated carbocycles. The summed E-state index contributed by atoms with van der Waals surface area (Å²) in [5, 5.41) is 3.23. The summed E-state index contributed by atoms with van der Waals surface area (Å²) in [6.07, 6.45) is 1.17. The molecule has 0 spiro atoms. The average Bonchev–Trinajstić information content (AvgIpc) is 2.20. The van der Waals surface area contributed by atoms with Gasteiger partial charge in [-0.15, -0.1) is 0 Å². The molecule has 4 nitrogen and oxygen atoms in total. The van der Waals surface area contributed by atoms with E-state index in [1.54, 1.807) is 0 Å². The van der Waals surface area contributed by atoms with Crippen LogP contribution >= 0.6 is 0 Å². The molecule has 0 unspecified atom stereocenters. The molecular formula is C12H20N2O2S. The van der Waals surface area contributed by atoms with E-state index in [9.17, 15) is 8.42 Å². The molecule has 17 heavy (non-hydrogen) atoms. The van der Waals surface area contributed by atoms with Crippen molar-refractivity contribution in [3.05, 3.63) is 34.9 Å². The lowest BCUT2D eigenvalue weighted by Gasteiger charge is -2.10. The van der Waals surface area contributed by atoms with Crippen molar-refractivity contribution in [1.29, 1.82) is 0 Å². The van der Waals surface area contributed by atoms with E-state index < -0.39 is 10.0 Å². The fourth-order valence-corrected chi connectivity index (χ4v) is 2.14. The molecule has 0 aliphatic carbocycles. The van der Waals surface area contributed by atoms with Crippen LogP contribution in [0.4, 0.5) is 0 Å². The van der Waals surface area contributed by atoms with Crippen molar-refractivity contribution in [3.63, 3.8) is 0 Å². The largest absolute Gasteiger partial charge is 0.311 e. The Morgan fingerprint density at radius 2 is 1.71 bits per heavy atom. The van der Waals surface area contributed by atoms with E-state index in [1.807, 2.05) is 6.07 Å². The highest BCUT2D eigenvalue weighted by Gasteiger charge is 2.02. The lowest BCUT2D eigenvalue weighted by atomic mass is 10.0. The first kappa shape index (κ1) is 14.2. The summed E-state index contributed by atoms with van der Waals surface area (Å²) >= 11 is 0. The van der Waals surface area contributed by atoms with Crippen LogP contribution in [0.15, 0.2) is 18.2 Å². The second-order valence-electron chi connectivity index (χ2n) is 4.21. The highest BCUT2D eigenvalue weighted by atomic mass is 32.2. The Bertz CT molecular complexity index is 449. The Morgan fingerprint density at radius 1 is 1.12 bits per heavy atom. The third-order valence-electron chi connectivity index (χ3n) is 2.61. The number of hydrogen-bond donors (Lipinski definition) is 2. The zero-order chi connectivity index (χ0) is 12.9. The Labute approximate surface area is 103 Å². The summed E-state index contributed by atoms with van der Waals surface area (Å²) in [7, 11) is -3.08. The Balaban J connectivity index is 2.37. The molecule has 5 heteroatoms. The number of hydrogen-bond acceptors (Lipinski definition) is 3. The molecule has 1 rings (SSSR count). The minimum Gasteiger partial charge on any atom is -0.311 e. The smallest absolute Gasteiger partial charge is 0.208 e. The van der Waals surface area contributed by atoms with Crippen LogP contribution < -0.4 is 10.0 Å². The van der Waals surface area contributed by atoms with Crippen molar-refractivity contribution in [2.45, 2.75) is 20.4 Å². The zero-order valence-corrected chi connectivity index (χ0v) is 11.4. The summed E-state index contributed by atoms with van der Waals surface area (Å²) in [6.45, 7) is 5.98. The molecule has 0 aliphatic rings. The topological polar surface area (TPSA) is 58.2 Å². The van der Waals surface area contributed by atoms with Gasteiger partial charge in [-0.05, 0) is 30.5 Å². The van der Waals surface area contributed by atoms with Crippen molar-refractivity contribution in [1.82, 2.24) is 10.0 Å². The van der Waals surface area contributed by atoms with E-state index in [4.69, 9.17) is 0 Å². The number of benzene rings is 1. The van der Waals surface area contributed by atoms with Crippen LogP contribution in [0.1, 0.15) is 16.7 Å². The zero-order valence-electron chi connectivity index (χ0n) is 10.6. The van der Waals surface area contributed by atoms with E-state index in [0.717, 1.165) is 6.54 Å². The van der Waals surface area contributed by atoms with Gasteiger partial charge in [0.1, 0.15) is 0 Å². The number of aryl methyl sites for hydroxylation is 2. The third kappa shape index (κ3) is 5.30. The summed E-state index contributed by atoms with van der Waals surface area (Å²) in [5.74, 6) is 0. The number of sulfonamides is 1. The van der Waals surface area contributed by atoms with Crippen molar-refractivity contribution < 1.29 is 8.42 Å². The maximum atomic E-state index is 10.8. The van der Waals surface area contributed by atoms with Gasteiger partial charge in [-0.3, -0.25) is 0 Å². The first-order valence-corrected chi connectivity index (χ1v) is 7.50.